The Balaban J connectivity index is 1.67. The summed E-state index contributed by atoms with van der Waals surface area (Å²) in [5.74, 6) is 1.87. The molecular formula is C23H30N8O3. The number of tetrazole rings is 1. The summed E-state index contributed by atoms with van der Waals surface area (Å²) in [6, 6.07) is 7.46. The summed E-state index contributed by atoms with van der Waals surface area (Å²) in [5.41, 5.74) is 1.78. The van der Waals surface area contributed by atoms with Gasteiger partial charge in [-0.3, -0.25) is 4.68 Å². The average Bonchev–Trinajstić information content (AvgIpc) is 3.62. The molecule has 0 amide bonds. The van der Waals surface area contributed by atoms with Crippen molar-refractivity contribution in [3.63, 3.8) is 0 Å². The van der Waals surface area contributed by atoms with E-state index in [0.717, 1.165) is 31.4 Å². The lowest BCUT2D eigenvalue weighted by Crippen LogP contribution is -2.19. The SMILES string of the molecule is CCCn1nnnc1C(Nc1cn(CC)nc1C#N)c1ccc(OCC2CCCO2)c(OC)c1. The molecule has 11 heteroatoms. The van der Waals surface area contributed by atoms with Crippen LogP contribution in [0.15, 0.2) is 24.4 Å². The van der Waals surface area contributed by atoms with Crippen molar-refractivity contribution in [2.45, 2.75) is 58.3 Å². The molecule has 0 bridgehead atoms. The third-order valence-electron chi connectivity index (χ3n) is 5.71. The normalized spacial score (nSPS) is 16.2. The van der Waals surface area contributed by atoms with Gasteiger partial charge in [0.05, 0.1) is 18.9 Å². The van der Waals surface area contributed by atoms with E-state index < -0.39 is 6.04 Å². The minimum atomic E-state index is -0.440. The molecule has 4 rings (SSSR count). The fourth-order valence-electron chi connectivity index (χ4n) is 3.95. The number of nitrogens with zero attached hydrogens (tertiary/aromatic N) is 7. The van der Waals surface area contributed by atoms with Gasteiger partial charge < -0.3 is 19.5 Å². The molecule has 2 unspecified atom stereocenters. The van der Waals surface area contributed by atoms with Crippen molar-refractivity contribution in [1.29, 1.82) is 5.26 Å². The number of rotatable bonds is 11. The molecule has 0 spiro atoms. The number of benzene rings is 1. The third-order valence-corrected chi connectivity index (χ3v) is 5.71. The molecule has 180 valence electrons. The Morgan fingerprint density at radius 3 is 2.91 bits per heavy atom. The largest absolute Gasteiger partial charge is 0.493 e. The number of nitriles is 1. The van der Waals surface area contributed by atoms with Crippen LogP contribution < -0.4 is 14.8 Å². The van der Waals surface area contributed by atoms with Crippen molar-refractivity contribution in [3.05, 3.63) is 41.5 Å². The van der Waals surface area contributed by atoms with Crippen LogP contribution in [0.4, 0.5) is 5.69 Å². The van der Waals surface area contributed by atoms with Gasteiger partial charge in [0.25, 0.3) is 0 Å². The average molecular weight is 467 g/mol. The lowest BCUT2D eigenvalue weighted by molar-refractivity contribution is 0.0669. The lowest BCUT2D eigenvalue weighted by Gasteiger charge is -2.21. The highest BCUT2D eigenvalue weighted by molar-refractivity contribution is 5.56. The second-order valence-corrected chi connectivity index (χ2v) is 8.05. The van der Waals surface area contributed by atoms with Crippen LogP contribution in [0.3, 0.4) is 0 Å². The van der Waals surface area contributed by atoms with Crippen molar-refractivity contribution in [1.82, 2.24) is 30.0 Å². The van der Waals surface area contributed by atoms with E-state index in [4.69, 9.17) is 14.2 Å². The van der Waals surface area contributed by atoms with Gasteiger partial charge in [0, 0.05) is 25.9 Å². The molecule has 3 aromatic rings. The van der Waals surface area contributed by atoms with E-state index in [1.165, 1.54) is 0 Å². The maximum Gasteiger partial charge on any atom is 0.185 e. The molecule has 2 atom stereocenters. The summed E-state index contributed by atoms with van der Waals surface area (Å²) in [6.45, 7) is 6.61. The summed E-state index contributed by atoms with van der Waals surface area (Å²) in [4.78, 5) is 0. The van der Waals surface area contributed by atoms with Crippen molar-refractivity contribution in [2.24, 2.45) is 0 Å². The zero-order valence-electron chi connectivity index (χ0n) is 19.8. The number of anilines is 1. The maximum atomic E-state index is 9.59. The van der Waals surface area contributed by atoms with E-state index >= 15 is 0 Å². The first-order valence-corrected chi connectivity index (χ1v) is 11.6. The van der Waals surface area contributed by atoms with Gasteiger partial charge in [0.15, 0.2) is 23.0 Å². The minimum absolute atomic E-state index is 0.108. The van der Waals surface area contributed by atoms with Gasteiger partial charge in [-0.2, -0.15) is 10.4 Å². The number of methoxy groups -OCH3 is 1. The molecule has 0 aliphatic carbocycles. The van der Waals surface area contributed by atoms with Crippen LogP contribution in [0, 0.1) is 11.3 Å². The van der Waals surface area contributed by atoms with Gasteiger partial charge >= 0.3 is 0 Å². The summed E-state index contributed by atoms with van der Waals surface area (Å²) in [5, 5.41) is 29.7. The molecule has 0 saturated carbocycles. The Morgan fingerprint density at radius 1 is 1.32 bits per heavy atom. The fraction of sp³-hybridized carbons (Fsp3) is 0.522. The molecule has 2 aromatic heterocycles. The molecule has 1 aliphatic heterocycles. The predicted octanol–water partition coefficient (Wildman–Crippen LogP) is 2.94. The van der Waals surface area contributed by atoms with Gasteiger partial charge in [-0.15, -0.1) is 5.10 Å². The Hall–Kier alpha value is -3.65. The van der Waals surface area contributed by atoms with Crippen LogP contribution in [0.1, 0.15) is 56.2 Å². The van der Waals surface area contributed by atoms with Gasteiger partial charge in [-0.05, 0) is 54.3 Å². The predicted molar refractivity (Wildman–Crippen MR) is 124 cm³/mol. The standard InChI is InChI=1S/C23H30N8O3/c1-4-10-31-23(26-28-29-31)22(25-19-14-30(5-2)27-18(19)13-24)16-8-9-20(21(12-16)32-3)34-15-17-7-6-11-33-17/h8-9,12,14,17,22,25H,4-7,10-11,15H2,1-3H3. The highest BCUT2D eigenvalue weighted by Crippen LogP contribution is 2.34. The Bertz CT molecular complexity index is 1130. The third kappa shape index (κ3) is 5.12. The fourth-order valence-corrected chi connectivity index (χ4v) is 3.95. The first-order valence-electron chi connectivity index (χ1n) is 11.6. The number of aromatic nitrogens is 6. The van der Waals surface area contributed by atoms with E-state index in [1.54, 1.807) is 16.5 Å². The van der Waals surface area contributed by atoms with Crippen LogP contribution in [-0.2, 0) is 17.8 Å². The van der Waals surface area contributed by atoms with Crippen LogP contribution in [0.25, 0.3) is 0 Å². The first-order chi connectivity index (χ1) is 16.7. The molecular weight excluding hydrogens is 436 g/mol. The van der Waals surface area contributed by atoms with E-state index in [-0.39, 0.29) is 6.10 Å². The Labute approximate surface area is 198 Å². The van der Waals surface area contributed by atoms with Gasteiger partial charge in [-0.1, -0.05) is 13.0 Å². The van der Waals surface area contributed by atoms with E-state index in [0.29, 0.717) is 48.4 Å². The highest BCUT2D eigenvalue weighted by atomic mass is 16.5. The monoisotopic (exact) mass is 466 g/mol. The molecule has 1 saturated heterocycles. The number of hydrogen-bond donors (Lipinski definition) is 1. The minimum Gasteiger partial charge on any atom is -0.493 e. The van der Waals surface area contributed by atoms with Gasteiger partial charge in [0.2, 0.25) is 0 Å². The maximum absolute atomic E-state index is 9.59. The highest BCUT2D eigenvalue weighted by Gasteiger charge is 2.25. The van der Waals surface area contributed by atoms with Crippen LogP contribution >= 0.6 is 0 Å². The lowest BCUT2D eigenvalue weighted by atomic mass is 10.0. The van der Waals surface area contributed by atoms with E-state index in [2.05, 4.69) is 38.9 Å². The van der Waals surface area contributed by atoms with Crippen molar-refractivity contribution in [3.8, 4) is 17.6 Å². The van der Waals surface area contributed by atoms with Crippen molar-refractivity contribution >= 4 is 5.69 Å². The van der Waals surface area contributed by atoms with E-state index in [9.17, 15) is 5.26 Å². The summed E-state index contributed by atoms with van der Waals surface area (Å²) in [6.07, 6.45) is 4.86. The Kier molecular flexibility index (Phi) is 7.59. The summed E-state index contributed by atoms with van der Waals surface area (Å²) in [7, 11) is 1.61. The molecule has 3 heterocycles. The summed E-state index contributed by atoms with van der Waals surface area (Å²) >= 11 is 0. The Morgan fingerprint density at radius 2 is 2.21 bits per heavy atom. The summed E-state index contributed by atoms with van der Waals surface area (Å²) < 4.78 is 20.8. The zero-order chi connectivity index (χ0) is 23.9. The molecule has 1 aromatic carbocycles. The van der Waals surface area contributed by atoms with Crippen LogP contribution in [0.2, 0.25) is 0 Å². The molecule has 34 heavy (non-hydrogen) atoms. The van der Waals surface area contributed by atoms with Crippen LogP contribution in [0.5, 0.6) is 11.5 Å². The van der Waals surface area contributed by atoms with Gasteiger partial charge in [-0.25, -0.2) is 4.68 Å². The van der Waals surface area contributed by atoms with E-state index in [1.807, 2.05) is 31.3 Å². The van der Waals surface area contributed by atoms with Gasteiger partial charge in [0.1, 0.15) is 18.7 Å². The van der Waals surface area contributed by atoms with Crippen molar-refractivity contribution in [2.75, 3.05) is 25.6 Å². The quantitative estimate of drug-likeness (QED) is 0.454. The molecule has 1 aliphatic rings. The number of aryl methyl sites for hydroxylation is 2. The second kappa shape index (κ2) is 11.0. The molecule has 1 fully saturated rings. The zero-order valence-corrected chi connectivity index (χ0v) is 19.8. The first kappa shape index (κ1) is 23.5. The molecule has 0 radical (unpaired) electrons. The molecule has 1 N–H and O–H groups in total. The van der Waals surface area contributed by atoms with Crippen molar-refractivity contribution < 1.29 is 14.2 Å². The smallest absolute Gasteiger partial charge is 0.185 e. The second-order valence-electron chi connectivity index (χ2n) is 8.05. The number of nitrogens with one attached hydrogen (secondary N) is 1. The molecule has 11 nitrogen and oxygen atoms in total. The number of hydrogen-bond acceptors (Lipinski definition) is 9. The number of ether oxygens (including phenoxy) is 3. The topological polar surface area (TPSA) is 125 Å². The van der Waals surface area contributed by atoms with Crippen LogP contribution in [-0.4, -0.2) is 56.4 Å².